The van der Waals surface area contributed by atoms with Crippen LogP contribution in [0, 0.1) is 6.92 Å². The average Bonchev–Trinajstić information content (AvgIpc) is 2.23. The Morgan fingerprint density at radius 3 is 2.56 bits per heavy atom. The van der Waals surface area contributed by atoms with Gasteiger partial charge in [-0.05, 0) is 13.0 Å². The third kappa shape index (κ3) is 3.79. The maximum atomic E-state index is 12.1. The van der Waals surface area contributed by atoms with Crippen LogP contribution >= 0.6 is 0 Å². The van der Waals surface area contributed by atoms with Crippen LogP contribution in [0.5, 0.6) is 5.75 Å². The van der Waals surface area contributed by atoms with Crippen LogP contribution in [-0.2, 0) is 16.0 Å². The minimum Gasteiger partial charge on any atom is -0.469 e. The summed E-state index contributed by atoms with van der Waals surface area (Å²) in [6.45, 7) is 1.32. The number of H-pyrrole nitrogens is 1. The number of hydrogen-bond acceptors (Lipinski definition) is 4. The summed E-state index contributed by atoms with van der Waals surface area (Å²) in [6.07, 6.45) is -5.42. The zero-order valence-electron chi connectivity index (χ0n) is 9.55. The third-order valence-corrected chi connectivity index (χ3v) is 2.04. The summed E-state index contributed by atoms with van der Waals surface area (Å²) in [5.41, 5.74) is -0.832. The lowest BCUT2D eigenvalue weighted by Crippen LogP contribution is -2.22. The highest BCUT2D eigenvalue weighted by atomic mass is 19.4. The number of halogens is 3. The summed E-state index contributed by atoms with van der Waals surface area (Å²) < 4.78 is 44.5. The molecule has 1 N–H and O–H groups in total. The summed E-state index contributed by atoms with van der Waals surface area (Å²) in [5.74, 6) is -1.41. The largest absolute Gasteiger partial charge is 0.573 e. The lowest BCUT2D eigenvalue weighted by atomic mass is 10.2. The van der Waals surface area contributed by atoms with Crippen LogP contribution < -0.4 is 10.3 Å². The zero-order valence-corrected chi connectivity index (χ0v) is 9.55. The van der Waals surface area contributed by atoms with Gasteiger partial charge in [0.1, 0.15) is 5.75 Å². The minimum absolute atomic E-state index is 0.0443. The van der Waals surface area contributed by atoms with Crippen molar-refractivity contribution >= 4 is 5.97 Å². The van der Waals surface area contributed by atoms with Gasteiger partial charge in [-0.2, -0.15) is 0 Å². The Hall–Kier alpha value is -1.99. The van der Waals surface area contributed by atoms with Crippen molar-refractivity contribution in [3.05, 3.63) is 27.7 Å². The summed E-state index contributed by atoms with van der Waals surface area (Å²) in [5, 5.41) is 0. The molecule has 18 heavy (non-hydrogen) atoms. The molecule has 0 amide bonds. The lowest BCUT2D eigenvalue weighted by Gasteiger charge is -2.13. The van der Waals surface area contributed by atoms with Crippen LogP contribution in [0.3, 0.4) is 0 Å². The molecule has 0 saturated carbocycles. The number of esters is 1. The maximum Gasteiger partial charge on any atom is 0.573 e. The highest BCUT2D eigenvalue weighted by Crippen LogP contribution is 2.25. The third-order valence-electron chi connectivity index (χ3n) is 2.04. The van der Waals surface area contributed by atoms with Crippen LogP contribution in [0.25, 0.3) is 0 Å². The number of rotatable bonds is 3. The molecule has 0 fully saturated rings. The molecule has 100 valence electrons. The molecular formula is C10H10F3NO4. The van der Waals surface area contributed by atoms with Crippen molar-refractivity contribution < 1.29 is 27.4 Å². The Morgan fingerprint density at radius 1 is 1.44 bits per heavy atom. The molecule has 1 heterocycles. The smallest absolute Gasteiger partial charge is 0.469 e. The monoisotopic (exact) mass is 265 g/mol. The normalized spacial score (nSPS) is 11.2. The molecule has 0 bridgehead atoms. The molecule has 0 spiro atoms. The predicted octanol–water partition coefficient (Wildman–Crippen LogP) is 1.30. The van der Waals surface area contributed by atoms with E-state index in [-0.39, 0.29) is 11.3 Å². The van der Waals surface area contributed by atoms with E-state index < -0.39 is 30.1 Å². The number of hydrogen-bond donors (Lipinski definition) is 1. The molecular weight excluding hydrogens is 255 g/mol. The fourth-order valence-corrected chi connectivity index (χ4v) is 1.21. The molecule has 0 aliphatic carbocycles. The van der Waals surface area contributed by atoms with Gasteiger partial charge in [-0.15, -0.1) is 13.2 Å². The second-order valence-corrected chi connectivity index (χ2v) is 3.42. The summed E-state index contributed by atoms with van der Waals surface area (Å²) in [4.78, 5) is 24.4. The quantitative estimate of drug-likeness (QED) is 0.836. The Bertz CT molecular complexity index is 507. The van der Waals surface area contributed by atoms with E-state index in [1.807, 2.05) is 0 Å². The van der Waals surface area contributed by atoms with Crippen molar-refractivity contribution in [2.45, 2.75) is 19.7 Å². The Morgan fingerprint density at radius 2 is 2.06 bits per heavy atom. The van der Waals surface area contributed by atoms with E-state index >= 15 is 0 Å². The van der Waals surface area contributed by atoms with E-state index in [2.05, 4.69) is 14.5 Å². The molecule has 0 saturated heterocycles. The molecule has 8 heteroatoms. The zero-order chi connectivity index (χ0) is 13.9. The van der Waals surface area contributed by atoms with Crippen LogP contribution in [-0.4, -0.2) is 24.4 Å². The topological polar surface area (TPSA) is 68.4 Å². The number of aromatic nitrogens is 1. The number of methoxy groups -OCH3 is 1. The van der Waals surface area contributed by atoms with Crippen LogP contribution in [0.1, 0.15) is 11.3 Å². The van der Waals surface area contributed by atoms with E-state index in [9.17, 15) is 22.8 Å². The molecule has 0 radical (unpaired) electrons. The van der Waals surface area contributed by atoms with Gasteiger partial charge in [-0.3, -0.25) is 9.59 Å². The average molecular weight is 265 g/mol. The van der Waals surface area contributed by atoms with Crippen LogP contribution in [0.15, 0.2) is 10.9 Å². The first kappa shape index (κ1) is 14.1. The standard InChI is InChI=1S/C10H10F3NO4/c1-5-3-7(18-10(11,12)13)6(14-9(5)16)4-8(15)17-2/h3H,4H2,1-2H3,(H,14,16). The van der Waals surface area contributed by atoms with Gasteiger partial charge in [0.2, 0.25) is 0 Å². The number of alkyl halides is 3. The molecule has 1 aromatic rings. The molecule has 1 rings (SSSR count). The first-order valence-electron chi connectivity index (χ1n) is 4.78. The fourth-order valence-electron chi connectivity index (χ4n) is 1.21. The van der Waals surface area contributed by atoms with E-state index in [0.717, 1.165) is 13.2 Å². The van der Waals surface area contributed by atoms with Gasteiger partial charge in [0.05, 0.1) is 19.2 Å². The van der Waals surface area contributed by atoms with E-state index in [1.54, 1.807) is 0 Å². The molecule has 0 unspecified atom stereocenters. The first-order chi connectivity index (χ1) is 8.23. The number of aryl methyl sites for hydroxylation is 1. The van der Waals surface area contributed by atoms with Gasteiger partial charge in [0.15, 0.2) is 0 Å². The van der Waals surface area contributed by atoms with E-state index in [4.69, 9.17) is 0 Å². The number of carbonyl (C=O) groups excluding carboxylic acids is 1. The van der Waals surface area contributed by atoms with Crippen molar-refractivity contribution in [2.75, 3.05) is 7.11 Å². The fraction of sp³-hybridized carbons (Fsp3) is 0.400. The number of aromatic amines is 1. The van der Waals surface area contributed by atoms with Crippen LogP contribution in [0.2, 0.25) is 0 Å². The number of pyridine rings is 1. The van der Waals surface area contributed by atoms with Crippen molar-refractivity contribution in [1.82, 2.24) is 4.98 Å². The number of carbonyl (C=O) groups is 1. The Labute approximate surface area is 99.5 Å². The van der Waals surface area contributed by atoms with Crippen molar-refractivity contribution in [3.8, 4) is 5.75 Å². The molecule has 0 aromatic carbocycles. The Balaban J connectivity index is 3.17. The Kier molecular flexibility index (Phi) is 4.00. The summed E-state index contributed by atoms with van der Waals surface area (Å²) in [6, 6.07) is 0.921. The first-order valence-corrected chi connectivity index (χ1v) is 4.78. The van der Waals surface area contributed by atoms with Crippen molar-refractivity contribution in [1.29, 1.82) is 0 Å². The second-order valence-electron chi connectivity index (χ2n) is 3.42. The minimum atomic E-state index is -4.91. The van der Waals surface area contributed by atoms with Gasteiger partial charge >= 0.3 is 12.3 Å². The van der Waals surface area contributed by atoms with Gasteiger partial charge in [-0.1, -0.05) is 0 Å². The number of nitrogens with one attached hydrogen (secondary N) is 1. The van der Waals surface area contributed by atoms with Crippen molar-refractivity contribution in [3.63, 3.8) is 0 Å². The van der Waals surface area contributed by atoms with Gasteiger partial charge in [-0.25, -0.2) is 0 Å². The van der Waals surface area contributed by atoms with Gasteiger partial charge in [0.25, 0.3) is 5.56 Å². The molecule has 1 aromatic heterocycles. The predicted molar refractivity (Wildman–Crippen MR) is 54.2 cm³/mol. The van der Waals surface area contributed by atoms with E-state index in [1.165, 1.54) is 6.92 Å². The summed E-state index contributed by atoms with van der Waals surface area (Å²) >= 11 is 0. The molecule has 0 atom stereocenters. The molecule has 0 aliphatic rings. The lowest BCUT2D eigenvalue weighted by molar-refractivity contribution is -0.275. The van der Waals surface area contributed by atoms with Gasteiger partial charge in [0, 0.05) is 5.56 Å². The van der Waals surface area contributed by atoms with E-state index in [0.29, 0.717) is 0 Å². The summed E-state index contributed by atoms with van der Waals surface area (Å²) in [7, 11) is 1.08. The van der Waals surface area contributed by atoms with Crippen molar-refractivity contribution in [2.24, 2.45) is 0 Å². The van der Waals surface area contributed by atoms with Crippen LogP contribution in [0.4, 0.5) is 13.2 Å². The maximum absolute atomic E-state index is 12.1. The molecule has 0 aliphatic heterocycles. The second kappa shape index (κ2) is 5.11. The highest BCUT2D eigenvalue weighted by Gasteiger charge is 2.32. The molecule has 5 nitrogen and oxygen atoms in total. The number of ether oxygens (including phenoxy) is 2. The highest BCUT2D eigenvalue weighted by molar-refractivity contribution is 5.72. The SMILES string of the molecule is COC(=O)Cc1[nH]c(=O)c(C)cc1OC(F)(F)F. The van der Waals surface area contributed by atoms with Gasteiger partial charge < -0.3 is 14.5 Å².